The molecule has 0 fully saturated rings. The molecule has 5 heteroatoms. The second kappa shape index (κ2) is 6.89. The van der Waals surface area contributed by atoms with Crippen LogP contribution in [-0.2, 0) is 13.1 Å². The minimum Gasteiger partial charge on any atom is -0.436 e. The first kappa shape index (κ1) is 13.5. The molecule has 2 heterocycles. The minimum absolute atomic E-state index is 0.594. The largest absolute Gasteiger partial charge is 0.436 e. The number of nitrogens with one attached hydrogen (secondary N) is 1. The zero-order valence-corrected chi connectivity index (χ0v) is 11.5. The van der Waals surface area contributed by atoms with E-state index in [1.54, 1.807) is 6.20 Å². The van der Waals surface area contributed by atoms with Gasteiger partial charge in [-0.1, -0.05) is 19.9 Å². The van der Waals surface area contributed by atoms with Crippen LogP contribution in [0.3, 0.4) is 0 Å². The predicted molar refractivity (Wildman–Crippen MR) is 74.2 cm³/mol. The summed E-state index contributed by atoms with van der Waals surface area (Å²) in [6, 6.07) is 3.89. The summed E-state index contributed by atoms with van der Waals surface area (Å²) in [5, 5.41) is 7.47. The molecular weight excluding hydrogens is 240 g/mol. The second-order valence-corrected chi connectivity index (χ2v) is 4.33. The molecule has 1 N–H and O–H groups in total. The van der Waals surface area contributed by atoms with E-state index in [0.717, 1.165) is 37.4 Å². The Kier molecular flexibility index (Phi) is 4.92. The monoisotopic (exact) mass is 260 g/mol. The lowest BCUT2D eigenvalue weighted by Gasteiger charge is -2.04. The molecule has 102 valence electrons. The van der Waals surface area contributed by atoms with Crippen LogP contribution in [0, 0.1) is 0 Å². The number of pyridine rings is 1. The van der Waals surface area contributed by atoms with Crippen molar-refractivity contribution in [2.24, 2.45) is 0 Å². The number of hydrogen-bond acceptors (Lipinski definition) is 4. The van der Waals surface area contributed by atoms with Crippen molar-refractivity contribution in [3.05, 3.63) is 36.3 Å². The number of hydrogen-bond donors (Lipinski definition) is 1. The summed E-state index contributed by atoms with van der Waals surface area (Å²) in [5.41, 5.74) is 1.15. The number of ether oxygens (including phenoxy) is 1. The van der Waals surface area contributed by atoms with E-state index in [1.165, 1.54) is 0 Å². The Labute approximate surface area is 113 Å². The van der Waals surface area contributed by atoms with Crippen LogP contribution < -0.4 is 10.1 Å². The van der Waals surface area contributed by atoms with E-state index in [4.69, 9.17) is 4.74 Å². The molecule has 0 amide bonds. The quantitative estimate of drug-likeness (QED) is 0.831. The molecule has 5 nitrogen and oxygen atoms in total. The molecule has 2 rings (SSSR count). The molecule has 0 bridgehead atoms. The van der Waals surface area contributed by atoms with Gasteiger partial charge >= 0.3 is 0 Å². The van der Waals surface area contributed by atoms with E-state index in [9.17, 15) is 0 Å². The molecule has 0 saturated heterocycles. The van der Waals surface area contributed by atoms with Crippen LogP contribution in [-0.4, -0.2) is 21.3 Å². The van der Waals surface area contributed by atoms with Crippen LogP contribution in [0.5, 0.6) is 11.6 Å². The van der Waals surface area contributed by atoms with Crippen LogP contribution in [0.15, 0.2) is 30.7 Å². The standard InChI is InChI=1S/C14H20N4O/c1-3-7-18-11-13(10-17-18)19-14-6-5-12(9-16-14)8-15-4-2/h5-6,9-11,15H,3-4,7-8H2,1-2H3. The van der Waals surface area contributed by atoms with Gasteiger partial charge in [0.15, 0.2) is 5.75 Å². The van der Waals surface area contributed by atoms with Crippen molar-refractivity contribution in [1.82, 2.24) is 20.1 Å². The Bertz CT molecular complexity index is 492. The zero-order valence-electron chi connectivity index (χ0n) is 11.5. The second-order valence-electron chi connectivity index (χ2n) is 4.33. The van der Waals surface area contributed by atoms with Crippen molar-refractivity contribution in [3.63, 3.8) is 0 Å². The fourth-order valence-corrected chi connectivity index (χ4v) is 1.71. The summed E-state index contributed by atoms with van der Waals surface area (Å²) in [6.45, 7) is 6.89. The van der Waals surface area contributed by atoms with Crippen molar-refractivity contribution in [2.75, 3.05) is 6.54 Å². The number of aromatic nitrogens is 3. The summed E-state index contributed by atoms with van der Waals surface area (Å²) in [7, 11) is 0. The zero-order chi connectivity index (χ0) is 13.5. The fraction of sp³-hybridized carbons (Fsp3) is 0.429. The SMILES string of the molecule is CCCn1cc(Oc2ccc(CNCC)cn2)cn1. The molecule has 0 radical (unpaired) electrons. The summed E-state index contributed by atoms with van der Waals surface area (Å²) in [5.74, 6) is 1.32. The molecule has 0 saturated carbocycles. The van der Waals surface area contributed by atoms with E-state index < -0.39 is 0 Å². The Morgan fingerprint density at radius 2 is 2.16 bits per heavy atom. The van der Waals surface area contributed by atoms with Crippen LogP contribution in [0.4, 0.5) is 0 Å². The first-order chi connectivity index (χ1) is 9.31. The first-order valence-electron chi connectivity index (χ1n) is 6.67. The summed E-state index contributed by atoms with van der Waals surface area (Å²) >= 11 is 0. The van der Waals surface area contributed by atoms with Crippen molar-refractivity contribution in [3.8, 4) is 11.6 Å². The molecule has 2 aromatic rings. The van der Waals surface area contributed by atoms with Gasteiger partial charge in [-0.05, 0) is 18.5 Å². The number of rotatable bonds is 7. The van der Waals surface area contributed by atoms with Crippen LogP contribution >= 0.6 is 0 Å². The minimum atomic E-state index is 0.594. The van der Waals surface area contributed by atoms with Crippen molar-refractivity contribution < 1.29 is 4.74 Å². The summed E-state index contributed by atoms with van der Waals surface area (Å²) < 4.78 is 7.52. The number of aryl methyl sites for hydroxylation is 1. The predicted octanol–water partition coefficient (Wildman–Crippen LogP) is 2.59. The molecule has 0 spiro atoms. The van der Waals surface area contributed by atoms with Gasteiger partial charge in [0.25, 0.3) is 0 Å². The van der Waals surface area contributed by atoms with Gasteiger partial charge in [-0.2, -0.15) is 5.10 Å². The molecular formula is C14H20N4O. The normalized spacial score (nSPS) is 10.6. The average molecular weight is 260 g/mol. The van der Waals surface area contributed by atoms with Crippen LogP contribution in [0.25, 0.3) is 0 Å². The van der Waals surface area contributed by atoms with Gasteiger partial charge < -0.3 is 10.1 Å². The lowest BCUT2D eigenvalue weighted by atomic mass is 10.3. The Morgan fingerprint density at radius 1 is 1.26 bits per heavy atom. The van der Waals surface area contributed by atoms with E-state index in [-0.39, 0.29) is 0 Å². The maximum absolute atomic E-state index is 5.65. The van der Waals surface area contributed by atoms with Crippen LogP contribution in [0.1, 0.15) is 25.8 Å². The highest BCUT2D eigenvalue weighted by Gasteiger charge is 2.02. The van der Waals surface area contributed by atoms with E-state index in [2.05, 4.69) is 29.2 Å². The van der Waals surface area contributed by atoms with Crippen molar-refractivity contribution in [2.45, 2.75) is 33.4 Å². The molecule has 2 aromatic heterocycles. The fourth-order valence-electron chi connectivity index (χ4n) is 1.71. The molecule has 0 unspecified atom stereocenters. The third-order valence-electron chi connectivity index (χ3n) is 2.66. The van der Waals surface area contributed by atoms with Gasteiger partial charge in [-0.25, -0.2) is 4.98 Å². The highest BCUT2D eigenvalue weighted by atomic mass is 16.5. The van der Waals surface area contributed by atoms with Crippen molar-refractivity contribution in [1.29, 1.82) is 0 Å². The lowest BCUT2D eigenvalue weighted by molar-refractivity contribution is 0.460. The molecule has 0 atom stereocenters. The van der Waals surface area contributed by atoms with Gasteiger partial charge in [0.05, 0.1) is 12.4 Å². The molecule has 0 aliphatic heterocycles. The van der Waals surface area contributed by atoms with Gasteiger partial charge in [0.2, 0.25) is 5.88 Å². The number of nitrogens with zero attached hydrogens (tertiary/aromatic N) is 3. The lowest BCUT2D eigenvalue weighted by Crippen LogP contribution is -2.11. The maximum Gasteiger partial charge on any atom is 0.219 e. The van der Waals surface area contributed by atoms with Gasteiger partial charge in [-0.3, -0.25) is 4.68 Å². The highest BCUT2D eigenvalue weighted by molar-refractivity contribution is 5.23. The van der Waals surface area contributed by atoms with E-state index in [0.29, 0.717) is 5.88 Å². The summed E-state index contributed by atoms with van der Waals surface area (Å²) in [4.78, 5) is 4.28. The molecule has 19 heavy (non-hydrogen) atoms. The third-order valence-corrected chi connectivity index (χ3v) is 2.66. The van der Waals surface area contributed by atoms with Gasteiger partial charge in [0, 0.05) is 25.4 Å². The topological polar surface area (TPSA) is 52.0 Å². The van der Waals surface area contributed by atoms with Crippen LogP contribution in [0.2, 0.25) is 0 Å². The molecule has 0 aliphatic carbocycles. The van der Waals surface area contributed by atoms with Gasteiger partial charge in [0.1, 0.15) is 0 Å². The third kappa shape index (κ3) is 4.06. The maximum atomic E-state index is 5.65. The van der Waals surface area contributed by atoms with Gasteiger partial charge in [-0.15, -0.1) is 0 Å². The first-order valence-corrected chi connectivity index (χ1v) is 6.67. The van der Waals surface area contributed by atoms with E-state index in [1.807, 2.05) is 29.2 Å². The molecule has 0 aromatic carbocycles. The van der Waals surface area contributed by atoms with Crippen molar-refractivity contribution >= 4 is 0 Å². The smallest absolute Gasteiger partial charge is 0.219 e. The average Bonchev–Trinajstić information content (AvgIpc) is 2.86. The van der Waals surface area contributed by atoms with E-state index >= 15 is 0 Å². The summed E-state index contributed by atoms with van der Waals surface area (Å²) in [6.07, 6.45) is 6.48. The Hall–Kier alpha value is -1.88. The highest BCUT2D eigenvalue weighted by Crippen LogP contribution is 2.18. The molecule has 0 aliphatic rings. The Morgan fingerprint density at radius 3 is 2.84 bits per heavy atom. The Balaban J connectivity index is 1.94.